The Morgan fingerprint density at radius 1 is 1.00 bits per heavy atom. The normalized spacial score (nSPS) is 16.9. The van der Waals surface area contributed by atoms with Crippen molar-refractivity contribution in [3.05, 3.63) is 48.0 Å². The third-order valence-corrected chi connectivity index (χ3v) is 6.76. The van der Waals surface area contributed by atoms with Crippen LogP contribution in [0.5, 0.6) is 0 Å². The molecule has 0 unspecified atom stereocenters. The summed E-state index contributed by atoms with van der Waals surface area (Å²) in [6.45, 7) is 1.36. The lowest BCUT2D eigenvalue weighted by Crippen LogP contribution is -2.23. The molecule has 2 N–H and O–H groups in total. The second kappa shape index (κ2) is 8.07. The molecule has 31 heavy (non-hydrogen) atoms. The van der Waals surface area contributed by atoms with Gasteiger partial charge in [-0.2, -0.15) is 13.2 Å². The number of amides is 1. The van der Waals surface area contributed by atoms with Gasteiger partial charge in [0.2, 0.25) is 5.91 Å². The fourth-order valence-electron chi connectivity index (χ4n) is 3.59. The summed E-state index contributed by atoms with van der Waals surface area (Å²) in [5.41, 5.74) is -0.335. The molecule has 10 heteroatoms. The van der Waals surface area contributed by atoms with Crippen molar-refractivity contribution in [3.8, 4) is 0 Å². The Labute approximate surface area is 178 Å². The lowest BCUT2D eigenvalue weighted by atomic mass is 10.2. The third kappa shape index (κ3) is 4.95. The van der Waals surface area contributed by atoms with Crippen molar-refractivity contribution < 1.29 is 26.4 Å². The first kappa shape index (κ1) is 21.5. The van der Waals surface area contributed by atoms with Crippen LogP contribution in [0.3, 0.4) is 0 Å². The van der Waals surface area contributed by atoms with Crippen LogP contribution in [-0.2, 0) is 21.0 Å². The molecule has 0 radical (unpaired) electrons. The van der Waals surface area contributed by atoms with Crippen molar-refractivity contribution in [2.24, 2.45) is 5.92 Å². The van der Waals surface area contributed by atoms with Gasteiger partial charge in [0.15, 0.2) is 0 Å². The van der Waals surface area contributed by atoms with Crippen molar-refractivity contribution in [3.63, 3.8) is 0 Å². The van der Waals surface area contributed by atoms with Gasteiger partial charge >= 0.3 is 6.18 Å². The SMILES string of the molecule is O=C(Nc1ccc(N2CCCC2)c(S(=O)(=O)Nc2cccc(C(F)(F)F)c2)c1)C1CC1. The summed E-state index contributed by atoms with van der Waals surface area (Å²) in [4.78, 5) is 13.9. The molecule has 166 valence electrons. The Hall–Kier alpha value is -2.75. The molecule has 0 atom stereocenters. The van der Waals surface area contributed by atoms with Crippen LogP contribution in [0.4, 0.5) is 30.2 Å². The zero-order valence-electron chi connectivity index (χ0n) is 16.6. The Balaban J connectivity index is 1.68. The third-order valence-electron chi connectivity index (χ3n) is 5.35. The molecule has 2 aliphatic rings. The van der Waals surface area contributed by atoms with Gasteiger partial charge in [-0.1, -0.05) is 6.07 Å². The number of anilines is 3. The smallest absolute Gasteiger partial charge is 0.370 e. The Bertz CT molecular complexity index is 1090. The van der Waals surface area contributed by atoms with E-state index in [-0.39, 0.29) is 22.4 Å². The molecule has 0 aromatic heterocycles. The molecule has 1 amide bonds. The van der Waals surface area contributed by atoms with Gasteiger partial charge in [-0.3, -0.25) is 9.52 Å². The number of rotatable bonds is 6. The zero-order valence-corrected chi connectivity index (χ0v) is 17.4. The predicted octanol–water partition coefficient (Wildman–Crippen LogP) is 4.45. The van der Waals surface area contributed by atoms with Gasteiger partial charge in [0, 0.05) is 30.4 Å². The van der Waals surface area contributed by atoms with E-state index in [9.17, 15) is 26.4 Å². The Kier molecular flexibility index (Phi) is 5.59. The number of benzene rings is 2. The van der Waals surface area contributed by atoms with Gasteiger partial charge < -0.3 is 10.2 Å². The molecular formula is C21H22F3N3O3S. The minimum Gasteiger partial charge on any atom is -0.370 e. The zero-order chi connectivity index (χ0) is 22.2. The van der Waals surface area contributed by atoms with Crippen LogP contribution >= 0.6 is 0 Å². The summed E-state index contributed by atoms with van der Waals surface area (Å²) >= 11 is 0. The van der Waals surface area contributed by atoms with Crippen LogP contribution in [0.2, 0.25) is 0 Å². The van der Waals surface area contributed by atoms with Crippen LogP contribution in [0.15, 0.2) is 47.4 Å². The number of alkyl halides is 3. The average Bonchev–Trinajstić information content (AvgIpc) is 3.42. The highest BCUT2D eigenvalue weighted by atomic mass is 32.2. The minimum absolute atomic E-state index is 0.0541. The quantitative estimate of drug-likeness (QED) is 0.677. The largest absolute Gasteiger partial charge is 0.416 e. The maximum Gasteiger partial charge on any atom is 0.416 e. The van der Waals surface area contributed by atoms with E-state index in [1.165, 1.54) is 12.1 Å². The van der Waals surface area contributed by atoms with Crippen molar-refractivity contribution >= 4 is 33.0 Å². The number of sulfonamides is 1. The first-order valence-electron chi connectivity index (χ1n) is 10.0. The highest BCUT2D eigenvalue weighted by Crippen LogP contribution is 2.35. The van der Waals surface area contributed by atoms with Crippen molar-refractivity contribution in [2.75, 3.05) is 28.0 Å². The van der Waals surface area contributed by atoms with Crippen molar-refractivity contribution in [2.45, 2.75) is 36.8 Å². The topological polar surface area (TPSA) is 78.5 Å². The first-order valence-corrected chi connectivity index (χ1v) is 11.5. The average molecular weight is 453 g/mol. The highest BCUT2D eigenvalue weighted by Gasteiger charge is 2.32. The van der Waals surface area contributed by atoms with Gasteiger partial charge in [0.1, 0.15) is 4.90 Å². The van der Waals surface area contributed by atoms with Crippen molar-refractivity contribution in [1.82, 2.24) is 0 Å². The van der Waals surface area contributed by atoms with Crippen LogP contribution in [-0.4, -0.2) is 27.4 Å². The van der Waals surface area contributed by atoms with Gasteiger partial charge in [-0.05, 0) is 62.1 Å². The number of carbonyl (C=O) groups excluding carboxylic acids is 1. The van der Waals surface area contributed by atoms with E-state index in [0.29, 0.717) is 24.5 Å². The van der Waals surface area contributed by atoms with Gasteiger partial charge in [0.05, 0.1) is 11.3 Å². The summed E-state index contributed by atoms with van der Waals surface area (Å²) in [5.74, 6) is -0.218. The lowest BCUT2D eigenvalue weighted by Gasteiger charge is -2.22. The molecule has 1 saturated carbocycles. The van der Waals surface area contributed by atoms with Crippen LogP contribution < -0.4 is 14.9 Å². The first-order chi connectivity index (χ1) is 14.6. The minimum atomic E-state index is -4.59. The summed E-state index contributed by atoms with van der Waals surface area (Å²) < 4.78 is 67.7. The Morgan fingerprint density at radius 2 is 1.71 bits per heavy atom. The lowest BCUT2D eigenvalue weighted by molar-refractivity contribution is -0.137. The van der Waals surface area contributed by atoms with E-state index < -0.39 is 21.8 Å². The highest BCUT2D eigenvalue weighted by molar-refractivity contribution is 7.92. The number of halogens is 3. The fourth-order valence-corrected chi connectivity index (χ4v) is 4.89. The van der Waals surface area contributed by atoms with Gasteiger partial charge in [0.25, 0.3) is 10.0 Å². The molecule has 0 spiro atoms. The predicted molar refractivity (Wildman–Crippen MR) is 111 cm³/mol. The molecule has 6 nitrogen and oxygen atoms in total. The number of hydrogen-bond acceptors (Lipinski definition) is 4. The van der Waals surface area contributed by atoms with E-state index in [2.05, 4.69) is 10.0 Å². The number of nitrogens with one attached hydrogen (secondary N) is 2. The molecule has 4 rings (SSSR count). The van der Waals surface area contributed by atoms with Crippen molar-refractivity contribution in [1.29, 1.82) is 0 Å². The number of nitrogens with zero attached hydrogens (tertiary/aromatic N) is 1. The number of carbonyl (C=O) groups is 1. The van der Waals surface area contributed by atoms with E-state index in [4.69, 9.17) is 0 Å². The molecule has 0 bridgehead atoms. The second-order valence-electron chi connectivity index (χ2n) is 7.82. The molecular weight excluding hydrogens is 431 g/mol. The molecule has 1 aliphatic carbocycles. The summed E-state index contributed by atoms with van der Waals surface area (Å²) in [6.07, 6.45) is -1.14. The maximum absolute atomic E-state index is 13.2. The second-order valence-corrected chi connectivity index (χ2v) is 9.48. The van der Waals surface area contributed by atoms with E-state index in [0.717, 1.165) is 43.9 Å². The molecule has 2 fully saturated rings. The molecule has 1 saturated heterocycles. The van der Waals surface area contributed by atoms with Crippen LogP contribution in [0.25, 0.3) is 0 Å². The van der Waals surface area contributed by atoms with E-state index in [1.54, 1.807) is 12.1 Å². The molecule has 1 aliphatic heterocycles. The standard InChI is InChI=1S/C21H22F3N3O3S/c22-21(23,24)15-4-3-5-17(12-15)26-31(29,30)19-13-16(25-20(28)14-6-7-14)8-9-18(19)27-10-1-2-11-27/h3-5,8-9,12-14,26H,1-2,6-7,10-11H2,(H,25,28). The summed E-state index contributed by atoms with van der Waals surface area (Å²) in [6, 6.07) is 8.69. The van der Waals surface area contributed by atoms with Gasteiger partial charge in [-0.25, -0.2) is 8.42 Å². The Morgan fingerprint density at radius 3 is 2.35 bits per heavy atom. The van der Waals surface area contributed by atoms with E-state index in [1.807, 2.05) is 4.90 Å². The van der Waals surface area contributed by atoms with E-state index >= 15 is 0 Å². The van der Waals surface area contributed by atoms with Gasteiger partial charge in [-0.15, -0.1) is 0 Å². The monoisotopic (exact) mass is 453 g/mol. The van der Waals surface area contributed by atoms with Crippen LogP contribution in [0.1, 0.15) is 31.2 Å². The maximum atomic E-state index is 13.2. The number of hydrogen-bond donors (Lipinski definition) is 2. The molecule has 1 heterocycles. The molecule has 2 aromatic rings. The summed E-state index contributed by atoms with van der Waals surface area (Å²) in [5, 5.41) is 2.73. The molecule has 2 aromatic carbocycles. The van der Waals surface area contributed by atoms with Crippen LogP contribution in [0, 0.1) is 5.92 Å². The summed E-state index contributed by atoms with van der Waals surface area (Å²) in [7, 11) is -4.22. The fraction of sp³-hybridized carbons (Fsp3) is 0.381.